The van der Waals surface area contributed by atoms with Crippen LogP contribution >= 0.6 is 0 Å². The summed E-state index contributed by atoms with van der Waals surface area (Å²) >= 11 is 0. The van der Waals surface area contributed by atoms with Crippen molar-refractivity contribution < 1.29 is 14.3 Å². The summed E-state index contributed by atoms with van der Waals surface area (Å²) in [5, 5.41) is 0. The highest BCUT2D eigenvalue weighted by atomic mass is 16.5. The fourth-order valence-electron chi connectivity index (χ4n) is 6.28. The minimum Gasteiger partial charge on any atom is -0.453 e. The summed E-state index contributed by atoms with van der Waals surface area (Å²) in [6.45, 7) is 8.95. The highest BCUT2D eigenvalue weighted by Crippen LogP contribution is 2.47. The van der Waals surface area contributed by atoms with Gasteiger partial charge in [-0.3, -0.25) is 4.79 Å². The summed E-state index contributed by atoms with van der Waals surface area (Å²) < 4.78 is 5.06. The second-order valence-electron chi connectivity index (χ2n) is 9.69. The fraction of sp³-hybridized carbons (Fsp3) is 0.680. The second kappa shape index (κ2) is 8.81. The van der Waals surface area contributed by atoms with E-state index < -0.39 is 0 Å². The number of para-hydroxylation sites is 1. The summed E-state index contributed by atoms with van der Waals surface area (Å²) in [5.41, 5.74) is 2.53. The Labute approximate surface area is 186 Å². The van der Waals surface area contributed by atoms with Gasteiger partial charge in [-0.1, -0.05) is 25.1 Å². The van der Waals surface area contributed by atoms with Crippen LogP contribution in [0.5, 0.6) is 0 Å². The van der Waals surface area contributed by atoms with E-state index in [1.54, 1.807) is 6.92 Å². The first-order chi connectivity index (χ1) is 14.9. The Hall–Kier alpha value is -2.08. The summed E-state index contributed by atoms with van der Waals surface area (Å²) in [7, 11) is 1.48. The molecular formula is C25H37N3O3. The standard InChI is InChI=1S/C25H37N3O3/c1-5-20(16-21-11-10-18(2)28(21)24(30)31-4)26-14-12-25(13-15-26)17-27(19(3)29)23-9-7-6-8-22(23)25/h6-9,18,20-21H,5,10-17H2,1-4H3. The van der Waals surface area contributed by atoms with Crippen molar-refractivity contribution in [3.8, 4) is 0 Å². The van der Waals surface area contributed by atoms with E-state index in [-0.39, 0.29) is 29.5 Å². The Morgan fingerprint density at radius 2 is 1.90 bits per heavy atom. The number of nitrogens with zero attached hydrogens (tertiary/aromatic N) is 3. The van der Waals surface area contributed by atoms with Gasteiger partial charge in [0.1, 0.15) is 0 Å². The topological polar surface area (TPSA) is 53.1 Å². The number of benzene rings is 1. The van der Waals surface area contributed by atoms with Gasteiger partial charge in [0.2, 0.25) is 5.91 Å². The third kappa shape index (κ3) is 3.95. The van der Waals surface area contributed by atoms with Gasteiger partial charge >= 0.3 is 6.09 Å². The zero-order chi connectivity index (χ0) is 22.2. The smallest absolute Gasteiger partial charge is 0.409 e. The number of hydrogen-bond donors (Lipinski definition) is 0. The number of methoxy groups -OCH3 is 1. The molecule has 3 atom stereocenters. The first-order valence-corrected chi connectivity index (χ1v) is 11.9. The molecule has 6 heteroatoms. The predicted molar refractivity (Wildman–Crippen MR) is 122 cm³/mol. The minimum atomic E-state index is -0.186. The van der Waals surface area contributed by atoms with E-state index in [1.165, 1.54) is 12.7 Å². The van der Waals surface area contributed by atoms with Gasteiger partial charge in [0.15, 0.2) is 0 Å². The van der Waals surface area contributed by atoms with Crippen molar-refractivity contribution in [3.63, 3.8) is 0 Å². The lowest BCUT2D eigenvalue weighted by Crippen LogP contribution is -2.50. The van der Waals surface area contributed by atoms with Crippen molar-refractivity contribution in [1.82, 2.24) is 9.80 Å². The predicted octanol–water partition coefficient (Wildman–Crippen LogP) is 4.17. The second-order valence-corrected chi connectivity index (χ2v) is 9.69. The maximum Gasteiger partial charge on any atom is 0.409 e. The van der Waals surface area contributed by atoms with Crippen molar-refractivity contribution in [2.75, 3.05) is 31.6 Å². The number of hydrogen-bond acceptors (Lipinski definition) is 4. The van der Waals surface area contributed by atoms with Crippen LogP contribution in [-0.4, -0.2) is 66.7 Å². The van der Waals surface area contributed by atoms with E-state index in [1.807, 2.05) is 15.9 Å². The molecule has 0 bridgehead atoms. The van der Waals surface area contributed by atoms with E-state index >= 15 is 0 Å². The number of carbonyl (C=O) groups is 2. The number of anilines is 1. The lowest BCUT2D eigenvalue weighted by molar-refractivity contribution is -0.116. The molecular weight excluding hydrogens is 390 g/mol. The van der Waals surface area contributed by atoms with Crippen LogP contribution in [0.3, 0.4) is 0 Å². The van der Waals surface area contributed by atoms with Crippen molar-refractivity contribution in [2.45, 2.75) is 82.8 Å². The summed E-state index contributed by atoms with van der Waals surface area (Å²) in [4.78, 5) is 31.1. The third-order valence-electron chi connectivity index (χ3n) is 8.07. The molecule has 6 nitrogen and oxygen atoms in total. The van der Waals surface area contributed by atoms with Crippen LogP contribution in [0.15, 0.2) is 24.3 Å². The lowest BCUT2D eigenvalue weighted by atomic mass is 9.74. The van der Waals surface area contributed by atoms with Gasteiger partial charge in [0.25, 0.3) is 0 Å². The van der Waals surface area contributed by atoms with Crippen LogP contribution in [0.4, 0.5) is 10.5 Å². The lowest BCUT2D eigenvalue weighted by Gasteiger charge is -2.44. The molecule has 0 aliphatic carbocycles. The first kappa shape index (κ1) is 22.1. The van der Waals surface area contributed by atoms with Crippen LogP contribution in [-0.2, 0) is 14.9 Å². The van der Waals surface area contributed by atoms with E-state index in [9.17, 15) is 9.59 Å². The van der Waals surface area contributed by atoms with Crippen molar-refractivity contribution in [2.24, 2.45) is 0 Å². The van der Waals surface area contributed by atoms with Crippen molar-refractivity contribution in [1.29, 1.82) is 0 Å². The SMILES string of the molecule is CCC(CC1CCC(C)N1C(=O)OC)N1CCC2(CC1)CN(C(C)=O)c1ccccc12. The van der Waals surface area contributed by atoms with Gasteiger partial charge in [-0.25, -0.2) is 4.79 Å². The Morgan fingerprint density at radius 3 is 2.55 bits per heavy atom. The van der Waals surface area contributed by atoms with E-state index in [4.69, 9.17) is 4.74 Å². The monoisotopic (exact) mass is 427 g/mol. The van der Waals surface area contributed by atoms with Crippen molar-refractivity contribution in [3.05, 3.63) is 29.8 Å². The Kier molecular flexibility index (Phi) is 6.29. The normalized spacial score (nSPS) is 26.2. The van der Waals surface area contributed by atoms with Crippen LogP contribution in [0.2, 0.25) is 0 Å². The Morgan fingerprint density at radius 1 is 1.19 bits per heavy atom. The molecule has 1 aromatic rings. The maximum absolute atomic E-state index is 12.3. The summed E-state index contributed by atoms with van der Waals surface area (Å²) in [5.74, 6) is 0.136. The summed E-state index contributed by atoms with van der Waals surface area (Å²) in [6, 6.07) is 9.45. The molecule has 3 aliphatic heterocycles. The maximum atomic E-state index is 12.3. The minimum absolute atomic E-state index is 0.0803. The molecule has 0 aromatic heterocycles. The third-order valence-corrected chi connectivity index (χ3v) is 8.07. The number of piperidine rings is 1. The molecule has 2 fully saturated rings. The fourth-order valence-corrected chi connectivity index (χ4v) is 6.28. The molecule has 3 aliphatic rings. The van der Waals surface area contributed by atoms with E-state index in [2.05, 4.69) is 36.9 Å². The number of likely N-dealkylation sites (tertiary alicyclic amines) is 2. The molecule has 31 heavy (non-hydrogen) atoms. The van der Waals surface area contributed by atoms with Gasteiger partial charge in [-0.05, 0) is 70.2 Å². The van der Waals surface area contributed by atoms with Crippen molar-refractivity contribution >= 4 is 17.7 Å². The zero-order valence-electron chi connectivity index (χ0n) is 19.5. The van der Waals surface area contributed by atoms with Crippen LogP contribution in [0, 0.1) is 0 Å². The highest BCUT2D eigenvalue weighted by Gasteiger charge is 2.46. The average molecular weight is 428 g/mol. The van der Waals surface area contributed by atoms with Crippen LogP contribution in [0.25, 0.3) is 0 Å². The van der Waals surface area contributed by atoms with Gasteiger partial charge in [-0.2, -0.15) is 0 Å². The number of rotatable bonds is 4. The van der Waals surface area contributed by atoms with Gasteiger partial charge in [0.05, 0.1) is 7.11 Å². The molecule has 3 heterocycles. The molecule has 1 spiro atoms. The molecule has 0 radical (unpaired) electrons. The first-order valence-electron chi connectivity index (χ1n) is 11.9. The summed E-state index contributed by atoms with van der Waals surface area (Å²) in [6.07, 6.45) is 6.18. The van der Waals surface area contributed by atoms with Gasteiger partial charge < -0.3 is 19.4 Å². The largest absolute Gasteiger partial charge is 0.453 e. The Bertz CT molecular complexity index is 818. The molecule has 2 saturated heterocycles. The number of carbonyl (C=O) groups excluding carboxylic acids is 2. The Balaban J connectivity index is 1.44. The zero-order valence-corrected chi connectivity index (χ0v) is 19.5. The molecule has 4 rings (SSSR count). The van der Waals surface area contributed by atoms with E-state index in [0.29, 0.717) is 6.04 Å². The molecule has 0 N–H and O–H groups in total. The average Bonchev–Trinajstić information content (AvgIpc) is 3.30. The highest BCUT2D eigenvalue weighted by molar-refractivity contribution is 5.94. The van der Waals surface area contributed by atoms with E-state index in [0.717, 1.165) is 63.8 Å². The number of fused-ring (bicyclic) bond motifs is 2. The molecule has 0 saturated carbocycles. The molecule has 170 valence electrons. The number of ether oxygens (including phenoxy) is 1. The van der Waals surface area contributed by atoms with Crippen LogP contribution in [0.1, 0.15) is 64.9 Å². The molecule has 3 unspecified atom stereocenters. The van der Waals surface area contributed by atoms with Gasteiger partial charge in [0, 0.05) is 42.7 Å². The quantitative estimate of drug-likeness (QED) is 0.724. The van der Waals surface area contributed by atoms with Crippen LogP contribution < -0.4 is 4.90 Å². The molecule has 2 amide bonds. The number of amides is 2. The molecule has 1 aromatic carbocycles. The van der Waals surface area contributed by atoms with Gasteiger partial charge in [-0.15, -0.1) is 0 Å².